The van der Waals surface area contributed by atoms with Crippen molar-refractivity contribution in [1.82, 2.24) is 18.7 Å². The molecule has 0 bridgehead atoms. The number of ether oxygens (including phenoxy) is 1. The molecular formula is C20H25N5O3. The van der Waals surface area contributed by atoms with E-state index in [2.05, 4.69) is 41.9 Å². The van der Waals surface area contributed by atoms with Crippen molar-refractivity contribution in [2.45, 2.75) is 33.9 Å². The van der Waals surface area contributed by atoms with Crippen molar-refractivity contribution >= 4 is 22.8 Å². The second-order valence-electron chi connectivity index (χ2n) is 7.23. The molecule has 0 spiro atoms. The highest BCUT2D eigenvalue weighted by molar-refractivity contribution is 5.78. The van der Waals surface area contributed by atoms with E-state index >= 15 is 0 Å². The third-order valence-corrected chi connectivity index (χ3v) is 5.18. The lowest BCUT2D eigenvalue weighted by Gasteiger charge is -2.17. The zero-order valence-corrected chi connectivity index (χ0v) is 16.7. The molecule has 0 amide bonds. The third-order valence-electron chi connectivity index (χ3n) is 5.18. The first-order valence-corrected chi connectivity index (χ1v) is 9.56. The summed E-state index contributed by atoms with van der Waals surface area (Å²) in [5, 5.41) is 0. The highest BCUT2D eigenvalue weighted by Crippen LogP contribution is 2.32. The van der Waals surface area contributed by atoms with Gasteiger partial charge in [-0.05, 0) is 44.0 Å². The van der Waals surface area contributed by atoms with Crippen LogP contribution in [0.5, 0.6) is 0 Å². The Labute approximate surface area is 162 Å². The maximum absolute atomic E-state index is 13.1. The van der Waals surface area contributed by atoms with Crippen LogP contribution in [0.2, 0.25) is 0 Å². The summed E-state index contributed by atoms with van der Waals surface area (Å²) in [6, 6.07) is 6.35. The summed E-state index contributed by atoms with van der Waals surface area (Å²) in [7, 11) is 1.66. The normalized spacial score (nSPS) is 13.5. The smallest absolute Gasteiger partial charge is 0.332 e. The average Bonchev–Trinajstić information content (AvgIpc) is 3.21. The molecule has 8 heteroatoms. The van der Waals surface area contributed by atoms with Gasteiger partial charge in [-0.3, -0.25) is 13.9 Å². The van der Waals surface area contributed by atoms with Crippen LogP contribution in [0.3, 0.4) is 0 Å². The number of anilines is 2. The van der Waals surface area contributed by atoms with Crippen LogP contribution in [-0.4, -0.2) is 38.4 Å². The summed E-state index contributed by atoms with van der Waals surface area (Å²) >= 11 is 0. The predicted octanol–water partition coefficient (Wildman–Crippen LogP) is 1.70. The molecule has 0 fully saturated rings. The van der Waals surface area contributed by atoms with Gasteiger partial charge in [0.25, 0.3) is 5.56 Å². The molecule has 0 N–H and O–H groups in total. The predicted molar refractivity (Wildman–Crippen MR) is 109 cm³/mol. The van der Waals surface area contributed by atoms with Gasteiger partial charge in [0.15, 0.2) is 11.2 Å². The van der Waals surface area contributed by atoms with Gasteiger partial charge in [-0.2, -0.15) is 4.98 Å². The molecule has 148 valence electrons. The fourth-order valence-corrected chi connectivity index (χ4v) is 3.93. The lowest BCUT2D eigenvalue weighted by molar-refractivity contribution is 0.137. The first-order chi connectivity index (χ1) is 13.4. The van der Waals surface area contributed by atoms with E-state index in [1.807, 2.05) is 11.5 Å². The van der Waals surface area contributed by atoms with Crippen LogP contribution >= 0.6 is 0 Å². The number of rotatable bonds is 5. The average molecular weight is 383 g/mol. The zero-order valence-electron chi connectivity index (χ0n) is 16.7. The molecule has 4 rings (SSSR count). The summed E-state index contributed by atoms with van der Waals surface area (Å²) < 4.78 is 9.95. The van der Waals surface area contributed by atoms with E-state index in [9.17, 15) is 9.59 Å². The highest BCUT2D eigenvalue weighted by Gasteiger charge is 2.28. The molecule has 1 aliphatic rings. The maximum Gasteiger partial charge on any atom is 0.332 e. The first-order valence-electron chi connectivity index (χ1n) is 9.56. The van der Waals surface area contributed by atoms with Crippen LogP contribution < -0.4 is 16.1 Å². The van der Waals surface area contributed by atoms with Crippen LogP contribution in [0.1, 0.15) is 18.1 Å². The molecule has 0 saturated carbocycles. The van der Waals surface area contributed by atoms with Crippen LogP contribution in [0.4, 0.5) is 11.6 Å². The molecule has 1 aliphatic heterocycles. The largest absolute Gasteiger partial charge is 0.380 e. The van der Waals surface area contributed by atoms with E-state index in [-0.39, 0.29) is 17.8 Å². The molecule has 28 heavy (non-hydrogen) atoms. The minimum absolute atomic E-state index is 0.233. The molecular weight excluding hydrogens is 358 g/mol. The molecule has 0 unspecified atom stereocenters. The van der Waals surface area contributed by atoms with Crippen molar-refractivity contribution in [1.29, 1.82) is 0 Å². The van der Waals surface area contributed by atoms with Crippen LogP contribution in [-0.2, 0) is 24.9 Å². The van der Waals surface area contributed by atoms with E-state index in [1.54, 1.807) is 7.05 Å². The second kappa shape index (κ2) is 6.94. The third kappa shape index (κ3) is 2.84. The first kappa shape index (κ1) is 18.5. The van der Waals surface area contributed by atoms with Crippen molar-refractivity contribution in [3.05, 3.63) is 50.2 Å². The highest BCUT2D eigenvalue weighted by atomic mass is 16.5. The molecule has 0 aliphatic carbocycles. The molecule has 0 saturated heterocycles. The summed E-state index contributed by atoms with van der Waals surface area (Å²) in [6.45, 7) is 8.51. The van der Waals surface area contributed by atoms with Gasteiger partial charge in [0, 0.05) is 32.4 Å². The molecule has 0 atom stereocenters. The van der Waals surface area contributed by atoms with E-state index in [1.165, 1.54) is 20.3 Å². The van der Waals surface area contributed by atoms with Crippen molar-refractivity contribution in [2.75, 3.05) is 24.7 Å². The van der Waals surface area contributed by atoms with Gasteiger partial charge in [-0.15, -0.1) is 0 Å². The quantitative estimate of drug-likeness (QED) is 0.627. The minimum Gasteiger partial charge on any atom is -0.380 e. The maximum atomic E-state index is 13.1. The van der Waals surface area contributed by atoms with E-state index in [0.717, 1.165) is 12.2 Å². The summed E-state index contributed by atoms with van der Waals surface area (Å²) in [5.41, 5.74) is 3.62. The zero-order chi connectivity index (χ0) is 20.0. The fraction of sp³-hybridized carbons (Fsp3) is 0.450. The van der Waals surface area contributed by atoms with Gasteiger partial charge < -0.3 is 14.2 Å². The van der Waals surface area contributed by atoms with E-state index in [4.69, 9.17) is 4.74 Å². The number of fused-ring (bicyclic) bond motifs is 3. The number of nitrogens with zero attached hydrogens (tertiary/aromatic N) is 5. The molecule has 8 nitrogen and oxygen atoms in total. The number of hydrogen-bond donors (Lipinski definition) is 0. The van der Waals surface area contributed by atoms with E-state index < -0.39 is 0 Å². The molecule has 2 aromatic heterocycles. The molecule has 1 aromatic carbocycles. The van der Waals surface area contributed by atoms with Crippen LogP contribution in [0.15, 0.2) is 27.8 Å². The van der Waals surface area contributed by atoms with Crippen molar-refractivity contribution in [3.63, 3.8) is 0 Å². The Morgan fingerprint density at radius 1 is 1.11 bits per heavy atom. The Bertz CT molecular complexity index is 1150. The van der Waals surface area contributed by atoms with Crippen LogP contribution in [0.25, 0.3) is 11.2 Å². The Hall–Kier alpha value is -2.87. The molecule has 3 aromatic rings. The topological polar surface area (TPSA) is 74.3 Å². The minimum atomic E-state index is -0.369. The van der Waals surface area contributed by atoms with Gasteiger partial charge in [-0.25, -0.2) is 4.79 Å². The summed E-state index contributed by atoms with van der Waals surface area (Å²) in [5.74, 6) is 0.703. The standard InChI is InChI=1S/C20H25N5O3/c1-5-28-9-8-25-18(26)16-17(22(4)20(25)27)21-19-23(6-7-24(16)19)15-11-13(2)10-14(3)12-15/h10-12H,5-9H2,1-4H3. The monoisotopic (exact) mass is 383 g/mol. The van der Waals surface area contributed by atoms with Gasteiger partial charge in [0.05, 0.1) is 13.2 Å². The Morgan fingerprint density at radius 2 is 1.82 bits per heavy atom. The second-order valence-corrected chi connectivity index (χ2v) is 7.23. The van der Waals surface area contributed by atoms with Crippen molar-refractivity contribution in [3.8, 4) is 0 Å². The fourth-order valence-electron chi connectivity index (χ4n) is 3.93. The van der Waals surface area contributed by atoms with Gasteiger partial charge in [0.1, 0.15) is 0 Å². The number of hydrogen-bond acceptors (Lipinski definition) is 5. The number of aromatic nitrogens is 4. The van der Waals surface area contributed by atoms with Gasteiger partial charge in [0.2, 0.25) is 5.95 Å². The SMILES string of the molecule is CCOCCn1c(=O)c2c(nc3n2CCN3c2cc(C)cc(C)c2)n(C)c1=O. The Balaban J connectivity index is 1.87. The summed E-state index contributed by atoms with van der Waals surface area (Å²) in [4.78, 5) is 32.5. The Morgan fingerprint density at radius 3 is 2.50 bits per heavy atom. The molecule has 3 heterocycles. The molecule has 0 radical (unpaired) electrons. The number of aryl methyl sites for hydroxylation is 3. The lowest BCUT2D eigenvalue weighted by Crippen LogP contribution is -2.40. The van der Waals surface area contributed by atoms with Gasteiger partial charge >= 0.3 is 5.69 Å². The number of imidazole rings is 1. The lowest BCUT2D eigenvalue weighted by atomic mass is 10.1. The van der Waals surface area contributed by atoms with Crippen molar-refractivity contribution < 1.29 is 4.74 Å². The Kier molecular flexibility index (Phi) is 4.58. The van der Waals surface area contributed by atoms with Crippen LogP contribution in [0, 0.1) is 13.8 Å². The van der Waals surface area contributed by atoms with Crippen molar-refractivity contribution in [2.24, 2.45) is 7.05 Å². The van der Waals surface area contributed by atoms with Gasteiger partial charge in [-0.1, -0.05) is 6.07 Å². The van der Waals surface area contributed by atoms with E-state index in [0.29, 0.717) is 36.9 Å². The summed E-state index contributed by atoms with van der Waals surface area (Å²) in [6.07, 6.45) is 0. The number of benzene rings is 1.